The van der Waals surface area contributed by atoms with Crippen LogP contribution in [0.1, 0.15) is 22.8 Å². The van der Waals surface area contributed by atoms with Crippen LogP contribution in [-0.4, -0.2) is 24.9 Å². The zero-order chi connectivity index (χ0) is 22.7. The molecule has 5 nitrogen and oxygen atoms in total. The molecule has 4 aromatic heterocycles. The number of fused-ring (bicyclic) bond motifs is 9. The Morgan fingerprint density at radius 1 is 0.486 bits per heavy atom. The van der Waals surface area contributed by atoms with Crippen molar-refractivity contribution in [2.75, 3.05) is 0 Å². The van der Waals surface area contributed by atoms with Gasteiger partial charge in [-0.15, -0.1) is 0 Å². The maximum Gasteiger partial charge on any atom is 0.0701 e. The Morgan fingerprint density at radius 2 is 0.971 bits per heavy atom. The Balaban J connectivity index is 0.000000194. The second kappa shape index (κ2) is 10.4. The van der Waals surface area contributed by atoms with Crippen molar-refractivity contribution in [3.63, 3.8) is 0 Å². The Kier molecular flexibility index (Phi) is 6.95. The smallest absolute Gasteiger partial charge is 0.0701 e. The molecular weight excluding hydrogens is 576 g/mol. The van der Waals surface area contributed by atoms with Gasteiger partial charge >= 0.3 is 0 Å². The predicted octanol–water partition coefficient (Wildman–Crippen LogP) is 6.89. The average Bonchev–Trinajstić information content (AvgIpc) is 3.66. The van der Waals surface area contributed by atoms with Gasteiger partial charge in [0, 0.05) is 73.6 Å². The second-order valence-electron chi connectivity index (χ2n) is 8.10. The third-order valence-corrected chi connectivity index (χ3v) is 5.55. The molecule has 0 fully saturated rings. The molecule has 7 rings (SSSR count). The van der Waals surface area contributed by atoms with Gasteiger partial charge in [0.05, 0.1) is 28.3 Å². The van der Waals surface area contributed by atoms with Gasteiger partial charge in [0.25, 0.3) is 0 Å². The Hall–Kier alpha value is -3.45. The number of hydrogen-bond donors (Lipinski definition) is 2. The maximum atomic E-state index is 4.62. The fourth-order valence-corrected chi connectivity index (χ4v) is 3.96. The number of H-pyrrole nitrogens is 2. The van der Waals surface area contributed by atoms with Gasteiger partial charge in [-0.2, -0.15) is 0 Å². The van der Waals surface area contributed by atoms with Crippen molar-refractivity contribution in [2.24, 2.45) is 0 Å². The van der Waals surface area contributed by atoms with Crippen LogP contribution in [0.2, 0.25) is 0 Å². The normalized spacial score (nSPS) is 11.5. The Labute approximate surface area is 234 Å². The summed E-state index contributed by atoms with van der Waals surface area (Å²) < 4.78 is 0. The molecule has 0 saturated carbocycles. The first-order valence-electron chi connectivity index (χ1n) is 11.1. The third-order valence-electron chi connectivity index (χ3n) is 5.55. The monoisotopic (exact) mass is 597 g/mol. The van der Waals surface area contributed by atoms with Crippen LogP contribution in [0.4, 0.5) is 0 Å². The van der Waals surface area contributed by atoms with E-state index in [1.165, 1.54) is 5.39 Å². The molecule has 2 aliphatic rings. The van der Waals surface area contributed by atoms with E-state index in [1.807, 2.05) is 73.0 Å². The van der Waals surface area contributed by atoms with Gasteiger partial charge in [-0.05, 0) is 85.0 Å². The van der Waals surface area contributed by atoms with Gasteiger partial charge in [0.15, 0.2) is 0 Å². The molecule has 170 valence electrons. The summed E-state index contributed by atoms with van der Waals surface area (Å²) in [4.78, 5) is 20.2. The summed E-state index contributed by atoms with van der Waals surface area (Å²) in [7, 11) is 0. The van der Waals surface area contributed by atoms with Crippen molar-refractivity contribution in [3.8, 4) is 0 Å². The number of aromatic nitrogens is 5. The van der Waals surface area contributed by atoms with Crippen LogP contribution in [0, 0.1) is 39.9 Å². The zero-order valence-electron chi connectivity index (χ0n) is 18.7. The summed E-state index contributed by atoms with van der Waals surface area (Å²) in [6.07, 6.45) is 9.86. The van der Waals surface area contributed by atoms with Crippen LogP contribution in [0.15, 0.2) is 91.1 Å². The minimum atomic E-state index is 0. The SMILES string of the molecule is C1=Cc2cc3ccc(cc4ccc(cc5nc(cc1n2)C=C5)[nH]4)[nH]3.[Gd].c1ccc2ncccc2c1. The first-order valence-corrected chi connectivity index (χ1v) is 11.1. The minimum Gasteiger partial charge on any atom is -0.355 e. The molecule has 8 bridgehead atoms. The number of pyridine rings is 1. The number of para-hydroxylation sites is 1. The van der Waals surface area contributed by atoms with Gasteiger partial charge in [-0.25, -0.2) is 9.97 Å². The Bertz CT molecular complexity index is 1570. The third kappa shape index (κ3) is 5.62. The van der Waals surface area contributed by atoms with E-state index in [9.17, 15) is 0 Å². The molecule has 5 aromatic rings. The van der Waals surface area contributed by atoms with E-state index in [1.54, 1.807) is 0 Å². The number of aromatic amines is 2. The molecule has 35 heavy (non-hydrogen) atoms. The molecular formula is C29H21GdN5. The molecule has 0 amide bonds. The van der Waals surface area contributed by atoms with Crippen molar-refractivity contribution in [2.45, 2.75) is 0 Å². The topological polar surface area (TPSA) is 70.2 Å². The van der Waals surface area contributed by atoms with E-state index >= 15 is 0 Å². The van der Waals surface area contributed by atoms with E-state index in [-0.39, 0.29) is 39.9 Å². The summed E-state index contributed by atoms with van der Waals surface area (Å²) in [6, 6.07) is 28.5. The number of nitrogens with zero attached hydrogens (tertiary/aromatic N) is 3. The van der Waals surface area contributed by atoms with Crippen LogP contribution in [0.5, 0.6) is 0 Å². The number of rotatable bonds is 0. The molecule has 0 radical (unpaired) electrons. The standard InChI is InChI=1S/C20H14N4.C9H7N.Gd/c1-2-14-10-16-5-6-18(23-16)12-20-8-7-19(24-20)11-17-4-3-15(22-17)9-13(1)21-14;1-2-6-9-8(4-1)5-3-7-10-9;/h1-12,21-22H;1-7H;. The molecule has 0 unspecified atom stereocenters. The molecule has 1 aromatic carbocycles. The largest absolute Gasteiger partial charge is 0.355 e. The van der Waals surface area contributed by atoms with E-state index in [2.05, 4.69) is 67.4 Å². The molecule has 0 aliphatic carbocycles. The quantitative estimate of drug-likeness (QED) is 0.200. The molecule has 2 aliphatic heterocycles. The first kappa shape index (κ1) is 23.3. The molecule has 0 saturated heterocycles. The minimum absolute atomic E-state index is 0. The fraction of sp³-hybridized carbons (Fsp3) is 0. The van der Waals surface area contributed by atoms with E-state index in [4.69, 9.17) is 0 Å². The van der Waals surface area contributed by atoms with Gasteiger partial charge in [0.1, 0.15) is 0 Å². The van der Waals surface area contributed by atoms with E-state index in [0.717, 1.165) is 50.4 Å². The molecule has 2 N–H and O–H groups in total. The second-order valence-corrected chi connectivity index (χ2v) is 8.10. The number of benzene rings is 1. The predicted molar refractivity (Wildman–Crippen MR) is 141 cm³/mol. The van der Waals surface area contributed by atoms with Gasteiger partial charge in [-0.3, -0.25) is 4.98 Å². The van der Waals surface area contributed by atoms with Crippen LogP contribution >= 0.6 is 0 Å². The van der Waals surface area contributed by atoms with Crippen molar-refractivity contribution in [1.82, 2.24) is 24.9 Å². The van der Waals surface area contributed by atoms with Crippen molar-refractivity contribution in [1.29, 1.82) is 0 Å². The summed E-state index contributed by atoms with van der Waals surface area (Å²) in [5, 5.41) is 1.20. The summed E-state index contributed by atoms with van der Waals surface area (Å²) in [5.74, 6) is 0. The molecule has 6 heteroatoms. The zero-order valence-corrected chi connectivity index (χ0v) is 20.9. The summed E-state index contributed by atoms with van der Waals surface area (Å²) in [6.45, 7) is 0. The number of hydrogen-bond acceptors (Lipinski definition) is 3. The van der Waals surface area contributed by atoms with Crippen molar-refractivity contribution in [3.05, 3.63) is 114 Å². The van der Waals surface area contributed by atoms with Gasteiger partial charge < -0.3 is 9.97 Å². The van der Waals surface area contributed by atoms with Crippen molar-refractivity contribution >= 4 is 57.3 Å². The van der Waals surface area contributed by atoms with Crippen LogP contribution in [0.25, 0.3) is 57.3 Å². The van der Waals surface area contributed by atoms with E-state index < -0.39 is 0 Å². The number of nitrogens with one attached hydrogen (secondary N) is 2. The summed E-state index contributed by atoms with van der Waals surface area (Å²) >= 11 is 0. The molecule has 6 heterocycles. The molecule has 0 spiro atoms. The van der Waals surface area contributed by atoms with Crippen LogP contribution in [-0.2, 0) is 0 Å². The van der Waals surface area contributed by atoms with Crippen LogP contribution < -0.4 is 0 Å². The summed E-state index contributed by atoms with van der Waals surface area (Å²) in [5.41, 5.74) is 8.92. The fourth-order valence-electron chi connectivity index (χ4n) is 3.96. The van der Waals surface area contributed by atoms with Gasteiger partial charge in [0.2, 0.25) is 0 Å². The first-order chi connectivity index (χ1) is 16.8. The average molecular weight is 597 g/mol. The Morgan fingerprint density at radius 3 is 1.54 bits per heavy atom. The van der Waals surface area contributed by atoms with E-state index in [0.29, 0.717) is 0 Å². The van der Waals surface area contributed by atoms with Crippen molar-refractivity contribution < 1.29 is 39.9 Å². The molecule has 0 atom stereocenters. The maximum absolute atomic E-state index is 4.62. The van der Waals surface area contributed by atoms with Crippen LogP contribution in [0.3, 0.4) is 0 Å². The van der Waals surface area contributed by atoms with Gasteiger partial charge in [-0.1, -0.05) is 24.3 Å².